The first-order valence-corrected chi connectivity index (χ1v) is 6.90. The number of hydrazine groups is 1. The van der Waals surface area contributed by atoms with Crippen LogP contribution in [0.2, 0.25) is 0 Å². The molecule has 0 atom stereocenters. The van der Waals surface area contributed by atoms with Gasteiger partial charge in [-0.15, -0.1) is 0 Å². The molecule has 1 aliphatic rings. The summed E-state index contributed by atoms with van der Waals surface area (Å²) < 4.78 is 0. The molecule has 0 amide bonds. The van der Waals surface area contributed by atoms with Gasteiger partial charge < -0.3 is 9.80 Å². The molecule has 0 spiro atoms. The average molecular weight is 265 g/mol. The van der Waals surface area contributed by atoms with E-state index in [4.69, 9.17) is 5.84 Å². The van der Waals surface area contributed by atoms with Gasteiger partial charge in [0.2, 0.25) is 17.8 Å². The fourth-order valence-corrected chi connectivity index (χ4v) is 2.34. The molecule has 1 aliphatic heterocycles. The molecule has 2 rings (SSSR count). The zero-order valence-electron chi connectivity index (χ0n) is 11.9. The monoisotopic (exact) mass is 265 g/mol. The van der Waals surface area contributed by atoms with Gasteiger partial charge in [0.1, 0.15) is 0 Å². The summed E-state index contributed by atoms with van der Waals surface area (Å²) in [5, 5.41) is 0. The zero-order valence-corrected chi connectivity index (χ0v) is 11.9. The van der Waals surface area contributed by atoms with Crippen molar-refractivity contribution < 1.29 is 0 Å². The van der Waals surface area contributed by atoms with Crippen LogP contribution in [0.4, 0.5) is 17.8 Å². The summed E-state index contributed by atoms with van der Waals surface area (Å²) in [4.78, 5) is 17.6. The van der Waals surface area contributed by atoms with Crippen LogP contribution in [0.3, 0.4) is 0 Å². The maximum atomic E-state index is 5.46. The largest absolute Gasteiger partial charge is 0.341 e. The quantitative estimate of drug-likeness (QED) is 0.606. The molecule has 19 heavy (non-hydrogen) atoms. The molecule has 2 heterocycles. The van der Waals surface area contributed by atoms with Crippen LogP contribution in [0, 0.1) is 0 Å². The molecule has 0 saturated carbocycles. The van der Waals surface area contributed by atoms with Crippen LogP contribution in [-0.2, 0) is 0 Å². The van der Waals surface area contributed by atoms with E-state index in [1.165, 1.54) is 12.8 Å². The van der Waals surface area contributed by atoms with E-state index in [1.54, 1.807) is 0 Å². The zero-order chi connectivity index (χ0) is 13.8. The van der Waals surface area contributed by atoms with Gasteiger partial charge in [-0.25, -0.2) is 5.84 Å². The minimum absolute atomic E-state index is 0.337. The van der Waals surface area contributed by atoms with Crippen LogP contribution in [0.5, 0.6) is 0 Å². The van der Waals surface area contributed by atoms with Crippen molar-refractivity contribution in [1.82, 2.24) is 15.0 Å². The standard InChI is InChI=1S/C12H23N7/c1-4-19(9(2)3)12-15-10(17-13)14-11(16-12)18-7-5-6-8-18/h9H,4-8,13H2,1-3H3,(H,14,15,16,17). The van der Waals surface area contributed by atoms with E-state index >= 15 is 0 Å². The smallest absolute Gasteiger partial charge is 0.243 e. The summed E-state index contributed by atoms with van der Waals surface area (Å²) in [5.74, 6) is 7.29. The summed E-state index contributed by atoms with van der Waals surface area (Å²) >= 11 is 0. The van der Waals surface area contributed by atoms with Crippen molar-refractivity contribution in [3.63, 3.8) is 0 Å². The van der Waals surface area contributed by atoms with Crippen LogP contribution in [0.15, 0.2) is 0 Å². The van der Waals surface area contributed by atoms with Gasteiger partial charge >= 0.3 is 0 Å². The van der Waals surface area contributed by atoms with Crippen LogP contribution in [0.1, 0.15) is 33.6 Å². The number of hydrogen-bond acceptors (Lipinski definition) is 7. The molecule has 0 aliphatic carbocycles. The minimum atomic E-state index is 0.337. The highest BCUT2D eigenvalue weighted by Gasteiger charge is 2.20. The van der Waals surface area contributed by atoms with Gasteiger partial charge in [0.05, 0.1) is 0 Å². The fourth-order valence-electron chi connectivity index (χ4n) is 2.34. The van der Waals surface area contributed by atoms with E-state index in [0.717, 1.165) is 25.6 Å². The predicted octanol–water partition coefficient (Wildman–Crippen LogP) is 0.992. The molecular weight excluding hydrogens is 242 g/mol. The first-order chi connectivity index (χ1) is 9.15. The van der Waals surface area contributed by atoms with E-state index in [9.17, 15) is 0 Å². The van der Waals surface area contributed by atoms with Crippen molar-refractivity contribution in [2.75, 3.05) is 34.9 Å². The Morgan fingerprint density at radius 1 is 1.26 bits per heavy atom. The SMILES string of the molecule is CCN(c1nc(NN)nc(N2CCCC2)n1)C(C)C. The topological polar surface area (TPSA) is 83.2 Å². The first kappa shape index (κ1) is 13.8. The maximum Gasteiger partial charge on any atom is 0.243 e. The highest BCUT2D eigenvalue weighted by Crippen LogP contribution is 2.20. The Morgan fingerprint density at radius 2 is 1.95 bits per heavy atom. The molecule has 0 bridgehead atoms. The minimum Gasteiger partial charge on any atom is -0.341 e. The highest BCUT2D eigenvalue weighted by atomic mass is 15.4. The lowest BCUT2D eigenvalue weighted by atomic mass is 10.3. The van der Waals surface area contributed by atoms with Crippen LogP contribution in [0.25, 0.3) is 0 Å². The molecule has 106 valence electrons. The second kappa shape index (κ2) is 6.01. The molecular formula is C12H23N7. The number of nitrogen functional groups attached to an aromatic ring is 1. The fraction of sp³-hybridized carbons (Fsp3) is 0.750. The van der Waals surface area contributed by atoms with Crippen molar-refractivity contribution >= 4 is 17.8 Å². The highest BCUT2D eigenvalue weighted by molar-refractivity contribution is 5.45. The molecule has 0 radical (unpaired) electrons. The lowest BCUT2D eigenvalue weighted by Crippen LogP contribution is -2.33. The number of nitrogens with two attached hydrogens (primary N) is 1. The molecule has 7 nitrogen and oxygen atoms in total. The number of rotatable bonds is 5. The average Bonchev–Trinajstić information content (AvgIpc) is 2.92. The van der Waals surface area contributed by atoms with E-state index < -0.39 is 0 Å². The predicted molar refractivity (Wildman–Crippen MR) is 77.2 cm³/mol. The van der Waals surface area contributed by atoms with Gasteiger partial charge in [0.25, 0.3) is 0 Å². The number of aromatic nitrogens is 3. The molecule has 0 unspecified atom stereocenters. The molecule has 1 saturated heterocycles. The Morgan fingerprint density at radius 3 is 2.47 bits per heavy atom. The third-order valence-corrected chi connectivity index (χ3v) is 3.35. The third kappa shape index (κ3) is 3.04. The summed E-state index contributed by atoms with van der Waals surface area (Å²) in [7, 11) is 0. The van der Waals surface area contributed by atoms with Crippen molar-refractivity contribution in [2.24, 2.45) is 5.84 Å². The molecule has 3 N–H and O–H groups in total. The van der Waals surface area contributed by atoms with E-state index in [0.29, 0.717) is 17.9 Å². The van der Waals surface area contributed by atoms with Gasteiger partial charge in [-0.1, -0.05) is 0 Å². The van der Waals surface area contributed by atoms with E-state index in [1.807, 2.05) is 0 Å². The Labute approximate surface area is 114 Å². The van der Waals surface area contributed by atoms with Crippen LogP contribution < -0.4 is 21.1 Å². The van der Waals surface area contributed by atoms with Crippen molar-refractivity contribution in [3.05, 3.63) is 0 Å². The van der Waals surface area contributed by atoms with Crippen molar-refractivity contribution in [1.29, 1.82) is 0 Å². The second-order valence-corrected chi connectivity index (χ2v) is 4.98. The normalized spacial score (nSPS) is 15.1. The van der Waals surface area contributed by atoms with Crippen molar-refractivity contribution in [3.8, 4) is 0 Å². The van der Waals surface area contributed by atoms with Gasteiger partial charge in [-0.05, 0) is 33.6 Å². The Bertz CT molecular complexity index is 415. The Balaban J connectivity index is 2.34. The van der Waals surface area contributed by atoms with Gasteiger partial charge in [-0.2, -0.15) is 15.0 Å². The number of nitrogens with one attached hydrogen (secondary N) is 1. The summed E-state index contributed by atoms with van der Waals surface area (Å²) in [6.45, 7) is 9.19. The lowest BCUT2D eigenvalue weighted by Gasteiger charge is -2.26. The number of anilines is 3. The van der Waals surface area contributed by atoms with Gasteiger partial charge in [-0.3, -0.25) is 5.43 Å². The third-order valence-electron chi connectivity index (χ3n) is 3.35. The molecule has 1 fully saturated rings. The lowest BCUT2D eigenvalue weighted by molar-refractivity contribution is 0.676. The van der Waals surface area contributed by atoms with Gasteiger partial charge in [0, 0.05) is 25.7 Å². The van der Waals surface area contributed by atoms with Crippen LogP contribution in [-0.4, -0.2) is 40.6 Å². The molecule has 0 aromatic carbocycles. The maximum absolute atomic E-state index is 5.46. The second-order valence-electron chi connectivity index (χ2n) is 4.98. The van der Waals surface area contributed by atoms with Crippen LogP contribution >= 0.6 is 0 Å². The summed E-state index contributed by atoms with van der Waals surface area (Å²) in [6.07, 6.45) is 2.38. The first-order valence-electron chi connectivity index (χ1n) is 6.90. The van der Waals surface area contributed by atoms with E-state index in [-0.39, 0.29) is 0 Å². The molecule has 1 aromatic rings. The molecule has 1 aromatic heterocycles. The molecule has 7 heteroatoms. The van der Waals surface area contributed by atoms with Crippen molar-refractivity contribution in [2.45, 2.75) is 39.7 Å². The summed E-state index contributed by atoms with van der Waals surface area (Å²) in [5.41, 5.74) is 2.53. The number of hydrogen-bond donors (Lipinski definition) is 2. The Hall–Kier alpha value is -1.63. The van der Waals surface area contributed by atoms with Gasteiger partial charge in [0.15, 0.2) is 0 Å². The summed E-state index contributed by atoms with van der Waals surface area (Å²) in [6, 6.07) is 0.337. The van der Waals surface area contributed by atoms with E-state index in [2.05, 4.69) is 50.9 Å². The number of nitrogens with zero attached hydrogens (tertiary/aromatic N) is 5. The Kier molecular flexibility index (Phi) is 4.36.